The third-order valence-corrected chi connectivity index (χ3v) is 5.67. The van der Waals surface area contributed by atoms with Gasteiger partial charge in [-0.25, -0.2) is 4.79 Å². The Morgan fingerprint density at radius 1 is 1.00 bits per heavy atom. The number of aliphatic carboxylic acids is 1. The van der Waals surface area contributed by atoms with Gasteiger partial charge < -0.3 is 20.5 Å². The zero-order valence-corrected chi connectivity index (χ0v) is 18.5. The maximum absolute atomic E-state index is 12.6. The first kappa shape index (κ1) is 23.3. The second-order valence-corrected chi connectivity index (χ2v) is 8.17. The van der Waals surface area contributed by atoms with Crippen LogP contribution in [0.15, 0.2) is 48.5 Å². The van der Waals surface area contributed by atoms with Gasteiger partial charge in [0.05, 0.1) is 6.42 Å². The summed E-state index contributed by atoms with van der Waals surface area (Å²) in [6, 6.07) is 14.8. The predicted octanol–water partition coefficient (Wildman–Crippen LogP) is 4.06. The molecule has 0 aromatic heterocycles. The number of fused-ring (bicyclic) bond motifs is 3. The lowest BCUT2D eigenvalue weighted by Crippen LogP contribution is -2.49. The highest BCUT2D eigenvalue weighted by molar-refractivity contribution is 5.86. The molecule has 0 bridgehead atoms. The minimum atomic E-state index is -0.993. The third kappa shape index (κ3) is 5.66. The van der Waals surface area contributed by atoms with E-state index in [1.165, 1.54) is 0 Å². The number of carboxylic acid groups (broad SMARTS) is 1. The van der Waals surface area contributed by atoms with E-state index in [4.69, 9.17) is 9.84 Å². The van der Waals surface area contributed by atoms with Crippen molar-refractivity contribution in [3.05, 3.63) is 59.7 Å². The fraction of sp³-hybridized carbons (Fsp3) is 0.400. The molecule has 0 spiro atoms. The molecule has 0 saturated carbocycles. The van der Waals surface area contributed by atoms with Gasteiger partial charge in [-0.2, -0.15) is 0 Å². The van der Waals surface area contributed by atoms with Gasteiger partial charge in [-0.15, -0.1) is 0 Å². The first-order valence-electron chi connectivity index (χ1n) is 11.0. The number of carboxylic acids is 1. The largest absolute Gasteiger partial charge is 0.481 e. The van der Waals surface area contributed by atoms with Crippen molar-refractivity contribution in [2.75, 3.05) is 6.61 Å². The summed E-state index contributed by atoms with van der Waals surface area (Å²) in [5, 5.41) is 14.2. The number of nitrogens with one attached hydrogen (secondary N) is 2. The first-order valence-corrected chi connectivity index (χ1v) is 11.0. The van der Waals surface area contributed by atoms with Crippen molar-refractivity contribution in [1.29, 1.82) is 0 Å². The average molecular weight is 439 g/mol. The number of unbranched alkanes of at least 4 members (excludes halogenated alkanes) is 1. The summed E-state index contributed by atoms with van der Waals surface area (Å²) < 4.78 is 5.55. The molecule has 1 aliphatic carbocycles. The van der Waals surface area contributed by atoms with Gasteiger partial charge in [0.25, 0.3) is 0 Å². The number of carbonyl (C=O) groups is 3. The second-order valence-electron chi connectivity index (χ2n) is 8.17. The van der Waals surface area contributed by atoms with E-state index in [0.29, 0.717) is 6.42 Å². The smallest absolute Gasteiger partial charge is 0.407 e. The van der Waals surface area contributed by atoms with E-state index < -0.39 is 30.1 Å². The number of carbonyl (C=O) groups excluding carboxylic acids is 2. The van der Waals surface area contributed by atoms with E-state index in [-0.39, 0.29) is 18.9 Å². The summed E-state index contributed by atoms with van der Waals surface area (Å²) in [5.74, 6) is -1.46. The Bertz CT molecular complexity index is 929. The minimum absolute atomic E-state index is 0.0633. The summed E-state index contributed by atoms with van der Waals surface area (Å²) in [7, 11) is 0. The Morgan fingerprint density at radius 3 is 2.16 bits per heavy atom. The van der Waals surface area contributed by atoms with Crippen LogP contribution in [0.5, 0.6) is 0 Å². The number of amides is 2. The van der Waals surface area contributed by atoms with Gasteiger partial charge >= 0.3 is 12.1 Å². The molecule has 3 rings (SSSR count). The molecule has 32 heavy (non-hydrogen) atoms. The van der Waals surface area contributed by atoms with E-state index in [0.717, 1.165) is 35.1 Å². The monoisotopic (exact) mass is 438 g/mol. The average Bonchev–Trinajstić information content (AvgIpc) is 3.08. The number of alkyl carbamates (subject to hydrolysis) is 1. The topological polar surface area (TPSA) is 105 Å². The molecule has 2 amide bonds. The van der Waals surface area contributed by atoms with Crippen molar-refractivity contribution in [1.82, 2.24) is 10.6 Å². The fourth-order valence-corrected chi connectivity index (χ4v) is 4.12. The molecule has 1 aliphatic rings. The maximum Gasteiger partial charge on any atom is 0.407 e. The molecule has 0 fully saturated rings. The molecule has 3 N–H and O–H groups in total. The summed E-state index contributed by atoms with van der Waals surface area (Å²) in [4.78, 5) is 36.0. The fourth-order valence-electron chi connectivity index (χ4n) is 4.12. The van der Waals surface area contributed by atoms with Gasteiger partial charge in [-0.3, -0.25) is 9.59 Å². The van der Waals surface area contributed by atoms with Crippen LogP contribution in [-0.2, 0) is 14.3 Å². The lowest BCUT2D eigenvalue weighted by molar-refractivity contribution is -0.137. The van der Waals surface area contributed by atoms with Crippen LogP contribution in [0.2, 0.25) is 0 Å². The Kier molecular flexibility index (Phi) is 7.87. The minimum Gasteiger partial charge on any atom is -0.481 e. The number of benzene rings is 2. The van der Waals surface area contributed by atoms with Gasteiger partial charge in [-0.05, 0) is 35.6 Å². The molecule has 0 radical (unpaired) electrons. The molecule has 2 aromatic carbocycles. The molecule has 0 saturated heterocycles. The van der Waals surface area contributed by atoms with Crippen molar-refractivity contribution < 1.29 is 24.2 Å². The van der Waals surface area contributed by atoms with Gasteiger partial charge in [0.15, 0.2) is 0 Å². The van der Waals surface area contributed by atoms with Crippen molar-refractivity contribution >= 4 is 18.0 Å². The summed E-state index contributed by atoms with van der Waals surface area (Å²) in [6.07, 6.45) is 1.22. The van der Waals surface area contributed by atoms with Crippen molar-refractivity contribution in [3.63, 3.8) is 0 Å². The zero-order chi connectivity index (χ0) is 23.1. The molecule has 0 aliphatic heterocycles. The summed E-state index contributed by atoms with van der Waals surface area (Å²) in [5.41, 5.74) is 4.52. The Morgan fingerprint density at radius 2 is 1.59 bits per heavy atom. The van der Waals surface area contributed by atoms with Gasteiger partial charge in [0.2, 0.25) is 5.91 Å². The van der Waals surface area contributed by atoms with Crippen LogP contribution in [0.4, 0.5) is 4.79 Å². The van der Waals surface area contributed by atoms with E-state index >= 15 is 0 Å². The van der Waals surface area contributed by atoms with Crippen LogP contribution in [0.1, 0.15) is 56.6 Å². The third-order valence-electron chi connectivity index (χ3n) is 5.67. The zero-order valence-electron chi connectivity index (χ0n) is 18.5. The van der Waals surface area contributed by atoms with Crippen LogP contribution in [0.25, 0.3) is 11.1 Å². The second kappa shape index (κ2) is 10.8. The SMILES string of the molecule is CCCC[C@H](NC(=O)OCC1c2ccccc2-c2ccccc21)C(=O)N[C@@H](C)CC(=O)O. The van der Waals surface area contributed by atoms with Gasteiger partial charge in [0.1, 0.15) is 12.6 Å². The van der Waals surface area contributed by atoms with Crippen LogP contribution in [0.3, 0.4) is 0 Å². The summed E-state index contributed by atoms with van der Waals surface area (Å²) >= 11 is 0. The lowest BCUT2D eigenvalue weighted by atomic mass is 9.98. The van der Waals surface area contributed by atoms with Crippen LogP contribution < -0.4 is 10.6 Å². The van der Waals surface area contributed by atoms with Crippen molar-refractivity contribution in [3.8, 4) is 11.1 Å². The Labute approximate surface area is 188 Å². The standard InChI is InChI=1S/C25H30N2O5/c1-3-4-13-22(24(30)26-16(2)14-23(28)29)27-25(31)32-15-21-19-11-7-5-9-17(19)18-10-6-8-12-20(18)21/h5-12,16,21-22H,3-4,13-15H2,1-2H3,(H,26,30)(H,27,31)(H,28,29)/t16-,22-/m0/s1. The Balaban J connectivity index is 1.63. The molecule has 2 atom stereocenters. The highest BCUT2D eigenvalue weighted by atomic mass is 16.5. The molecule has 7 heteroatoms. The van der Waals surface area contributed by atoms with Crippen LogP contribution in [0, 0.1) is 0 Å². The number of hydrogen-bond acceptors (Lipinski definition) is 4. The van der Waals surface area contributed by atoms with E-state index in [9.17, 15) is 14.4 Å². The van der Waals surface area contributed by atoms with Gasteiger partial charge in [-0.1, -0.05) is 68.3 Å². The molecule has 170 valence electrons. The van der Waals surface area contributed by atoms with E-state index in [2.05, 4.69) is 22.8 Å². The normalized spacial score (nSPS) is 14.1. The number of ether oxygens (including phenoxy) is 1. The van der Waals surface area contributed by atoms with E-state index in [1.54, 1.807) is 6.92 Å². The molecule has 2 aromatic rings. The molecule has 0 unspecified atom stereocenters. The van der Waals surface area contributed by atoms with Crippen molar-refractivity contribution in [2.24, 2.45) is 0 Å². The van der Waals surface area contributed by atoms with Crippen molar-refractivity contribution in [2.45, 2.75) is 57.5 Å². The summed E-state index contributed by atoms with van der Waals surface area (Å²) in [6.45, 7) is 3.78. The molecular formula is C25H30N2O5. The van der Waals surface area contributed by atoms with Crippen LogP contribution >= 0.6 is 0 Å². The quantitative estimate of drug-likeness (QED) is 0.519. The van der Waals surface area contributed by atoms with E-state index in [1.807, 2.05) is 43.3 Å². The van der Waals surface area contributed by atoms with Crippen LogP contribution in [-0.4, -0.2) is 41.8 Å². The lowest BCUT2D eigenvalue weighted by Gasteiger charge is -2.21. The molecule has 7 nitrogen and oxygen atoms in total. The first-order chi connectivity index (χ1) is 15.4. The highest BCUT2D eigenvalue weighted by Gasteiger charge is 2.30. The predicted molar refractivity (Wildman–Crippen MR) is 121 cm³/mol. The number of hydrogen-bond donors (Lipinski definition) is 3. The molecular weight excluding hydrogens is 408 g/mol. The van der Waals surface area contributed by atoms with Gasteiger partial charge in [0, 0.05) is 12.0 Å². The molecule has 0 heterocycles. The highest BCUT2D eigenvalue weighted by Crippen LogP contribution is 2.44. The maximum atomic E-state index is 12.6. The number of rotatable bonds is 10. The Hall–Kier alpha value is -3.35.